The van der Waals surface area contributed by atoms with E-state index in [1.165, 1.54) is 0 Å². The lowest BCUT2D eigenvalue weighted by Crippen LogP contribution is -2.50. The van der Waals surface area contributed by atoms with Crippen molar-refractivity contribution in [3.8, 4) is 0 Å². The first-order valence-corrected chi connectivity index (χ1v) is 6.61. The van der Waals surface area contributed by atoms with E-state index in [1.807, 2.05) is 21.0 Å². The van der Waals surface area contributed by atoms with E-state index >= 15 is 0 Å². The normalized spacial score (nSPS) is 15.1. The molecule has 0 aromatic rings. The average Bonchev–Trinajstić information content (AvgIpc) is 2.23. The summed E-state index contributed by atoms with van der Waals surface area (Å²) in [6.45, 7) is 9.15. The minimum atomic E-state index is -0.134. The highest BCUT2D eigenvalue weighted by Gasteiger charge is 2.17. The van der Waals surface area contributed by atoms with E-state index in [9.17, 15) is 4.79 Å². The third-order valence-electron chi connectivity index (χ3n) is 2.90. The van der Waals surface area contributed by atoms with Crippen LogP contribution in [0, 0.1) is 0 Å². The van der Waals surface area contributed by atoms with Gasteiger partial charge in [-0.1, -0.05) is 13.8 Å². The fourth-order valence-corrected chi connectivity index (χ4v) is 1.92. The van der Waals surface area contributed by atoms with Gasteiger partial charge in [0.1, 0.15) is 0 Å². The van der Waals surface area contributed by atoms with E-state index < -0.39 is 0 Å². The molecule has 0 aromatic heterocycles. The highest BCUT2D eigenvalue weighted by Crippen LogP contribution is 1.97. The first kappa shape index (κ1) is 16.4. The van der Waals surface area contributed by atoms with Crippen LogP contribution in [0.5, 0.6) is 0 Å². The van der Waals surface area contributed by atoms with Crippen molar-refractivity contribution in [2.45, 2.75) is 58.7 Å². The zero-order valence-corrected chi connectivity index (χ0v) is 12.2. The fraction of sp³-hybridized carbons (Fsp3) is 0.923. The van der Waals surface area contributed by atoms with Crippen molar-refractivity contribution in [2.75, 3.05) is 20.6 Å². The van der Waals surface area contributed by atoms with Gasteiger partial charge in [0.05, 0.1) is 6.04 Å². The summed E-state index contributed by atoms with van der Waals surface area (Å²) in [5.41, 5.74) is 0. The molecule has 4 nitrogen and oxygen atoms in total. The van der Waals surface area contributed by atoms with Gasteiger partial charge in [-0.05, 0) is 40.8 Å². The summed E-state index contributed by atoms with van der Waals surface area (Å²) >= 11 is 0. The van der Waals surface area contributed by atoms with Crippen LogP contribution in [0.15, 0.2) is 0 Å². The number of nitrogens with one attached hydrogen (secondary N) is 2. The Morgan fingerprint density at radius 3 is 2.12 bits per heavy atom. The van der Waals surface area contributed by atoms with Crippen LogP contribution in [-0.2, 0) is 4.79 Å². The van der Waals surface area contributed by atoms with E-state index in [-0.39, 0.29) is 11.9 Å². The Kier molecular flexibility index (Phi) is 8.17. The SMILES string of the molecule is CCC(CC)NC(=O)C(C)NC(C)CN(C)C. The van der Waals surface area contributed by atoms with Crippen molar-refractivity contribution in [2.24, 2.45) is 0 Å². The largest absolute Gasteiger partial charge is 0.352 e. The Hall–Kier alpha value is -0.610. The number of hydrogen-bond donors (Lipinski definition) is 2. The summed E-state index contributed by atoms with van der Waals surface area (Å²) in [5.74, 6) is 0.101. The number of hydrogen-bond acceptors (Lipinski definition) is 3. The minimum Gasteiger partial charge on any atom is -0.352 e. The number of carbonyl (C=O) groups is 1. The van der Waals surface area contributed by atoms with Gasteiger partial charge in [0.25, 0.3) is 0 Å². The molecule has 0 saturated carbocycles. The van der Waals surface area contributed by atoms with Gasteiger partial charge in [0, 0.05) is 18.6 Å². The maximum absolute atomic E-state index is 11.9. The van der Waals surface area contributed by atoms with Crippen LogP contribution in [-0.4, -0.2) is 49.6 Å². The lowest BCUT2D eigenvalue weighted by Gasteiger charge is -2.24. The number of nitrogens with zero attached hydrogens (tertiary/aromatic N) is 1. The molecular formula is C13H29N3O. The molecule has 2 unspecified atom stereocenters. The quantitative estimate of drug-likeness (QED) is 0.674. The molecule has 102 valence electrons. The Bertz CT molecular complexity index is 215. The third-order valence-corrected chi connectivity index (χ3v) is 2.90. The molecule has 0 aliphatic carbocycles. The second kappa shape index (κ2) is 8.48. The first-order chi connectivity index (χ1) is 7.90. The van der Waals surface area contributed by atoms with E-state index in [0.29, 0.717) is 12.1 Å². The molecule has 0 radical (unpaired) electrons. The highest BCUT2D eigenvalue weighted by molar-refractivity contribution is 5.81. The van der Waals surface area contributed by atoms with Crippen molar-refractivity contribution in [1.29, 1.82) is 0 Å². The smallest absolute Gasteiger partial charge is 0.237 e. The fourth-order valence-electron chi connectivity index (χ4n) is 1.92. The monoisotopic (exact) mass is 243 g/mol. The second-order valence-corrected chi connectivity index (χ2v) is 5.07. The zero-order valence-electron chi connectivity index (χ0n) is 12.2. The van der Waals surface area contributed by atoms with Gasteiger partial charge in [-0.15, -0.1) is 0 Å². The van der Waals surface area contributed by atoms with Crippen LogP contribution < -0.4 is 10.6 Å². The second-order valence-electron chi connectivity index (χ2n) is 5.07. The van der Waals surface area contributed by atoms with Gasteiger partial charge < -0.3 is 15.5 Å². The molecule has 17 heavy (non-hydrogen) atoms. The summed E-state index contributed by atoms with van der Waals surface area (Å²) in [4.78, 5) is 14.0. The molecule has 0 saturated heterocycles. The molecular weight excluding hydrogens is 214 g/mol. The molecule has 1 amide bonds. The van der Waals surface area contributed by atoms with Gasteiger partial charge in [0.2, 0.25) is 5.91 Å². The van der Waals surface area contributed by atoms with E-state index in [2.05, 4.69) is 36.3 Å². The van der Waals surface area contributed by atoms with Crippen LogP contribution in [0.25, 0.3) is 0 Å². The maximum Gasteiger partial charge on any atom is 0.237 e. The van der Waals surface area contributed by atoms with Crippen LogP contribution >= 0.6 is 0 Å². The van der Waals surface area contributed by atoms with Gasteiger partial charge in [-0.3, -0.25) is 4.79 Å². The maximum atomic E-state index is 11.9. The van der Waals surface area contributed by atoms with Crippen LogP contribution in [0.2, 0.25) is 0 Å². The summed E-state index contributed by atoms with van der Waals surface area (Å²) < 4.78 is 0. The van der Waals surface area contributed by atoms with Crippen molar-refractivity contribution in [1.82, 2.24) is 15.5 Å². The van der Waals surface area contributed by atoms with Gasteiger partial charge in [-0.25, -0.2) is 0 Å². The molecule has 0 aliphatic heterocycles. The minimum absolute atomic E-state index is 0.101. The third kappa shape index (κ3) is 7.34. The Labute approximate surface area is 106 Å². The zero-order chi connectivity index (χ0) is 13.4. The predicted octanol–water partition coefficient (Wildman–Crippen LogP) is 1.22. The predicted molar refractivity (Wildman–Crippen MR) is 73.1 cm³/mol. The first-order valence-electron chi connectivity index (χ1n) is 6.61. The van der Waals surface area contributed by atoms with Gasteiger partial charge in [-0.2, -0.15) is 0 Å². The number of rotatable bonds is 8. The van der Waals surface area contributed by atoms with Gasteiger partial charge >= 0.3 is 0 Å². The van der Waals surface area contributed by atoms with E-state index in [1.54, 1.807) is 0 Å². The summed E-state index contributed by atoms with van der Waals surface area (Å²) in [7, 11) is 4.07. The molecule has 0 bridgehead atoms. The molecule has 0 heterocycles. The van der Waals surface area contributed by atoms with Crippen molar-refractivity contribution in [3.63, 3.8) is 0 Å². The summed E-state index contributed by atoms with van der Waals surface area (Å²) in [6, 6.07) is 0.480. The molecule has 2 atom stereocenters. The van der Waals surface area contributed by atoms with Crippen molar-refractivity contribution in [3.05, 3.63) is 0 Å². The standard InChI is InChI=1S/C13H29N3O/c1-7-12(8-2)15-13(17)11(4)14-10(3)9-16(5)6/h10-12,14H,7-9H2,1-6H3,(H,15,17). The number of likely N-dealkylation sites (N-methyl/N-ethyl adjacent to an activating group) is 1. The Morgan fingerprint density at radius 1 is 1.18 bits per heavy atom. The van der Waals surface area contributed by atoms with Crippen LogP contribution in [0.3, 0.4) is 0 Å². The van der Waals surface area contributed by atoms with Crippen molar-refractivity contribution >= 4 is 5.91 Å². The van der Waals surface area contributed by atoms with E-state index in [4.69, 9.17) is 0 Å². The average molecular weight is 243 g/mol. The molecule has 4 heteroatoms. The lowest BCUT2D eigenvalue weighted by atomic mass is 10.1. The topological polar surface area (TPSA) is 44.4 Å². The Morgan fingerprint density at radius 2 is 1.71 bits per heavy atom. The lowest BCUT2D eigenvalue weighted by molar-refractivity contribution is -0.123. The molecule has 0 fully saturated rings. The summed E-state index contributed by atoms with van der Waals surface area (Å²) in [5, 5.41) is 6.37. The molecule has 0 aliphatic rings. The molecule has 2 N–H and O–H groups in total. The van der Waals surface area contributed by atoms with Crippen LogP contribution in [0.4, 0.5) is 0 Å². The molecule has 0 aromatic carbocycles. The van der Waals surface area contributed by atoms with Crippen LogP contribution in [0.1, 0.15) is 40.5 Å². The molecule has 0 rings (SSSR count). The van der Waals surface area contributed by atoms with Gasteiger partial charge in [0.15, 0.2) is 0 Å². The number of amides is 1. The molecule has 0 spiro atoms. The summed E-state index contributed by atoms with van der Waals surface area (Å²) in [6.07, 6.45) is 1.98. The van der Waals surface area contributed by atoms with E-state index in [0.717, 1.165) is 19.4 Å². The Balaban J connectivity index is 4.04. The highest BCUT2D eigenvalue weighted by atomic mass is 16.2. The van der Waals surface area contributed by atoms with Crippen molar-refractivity contribution < 1.29 is 4.79 Å². The number of carbonyl (C=O) groups excluding carboxylic acids is 1.